The lowest BCUT2D eigenvalue weighted by Crippen LogP contribution is -2.21. The summed E-state index contributed by atoms with van der Waals surface area (Å²) in [5.74, 6) is 0. The summed E-state index contributed by atoms with van der Waals surface area (Å²) in [5, 5.41) is 1.74. The standard InChI is InChI=1S/C19H17P.C19H16S.2CHF3O3S/c2*1-4-10-16(11-5-1)19(17-12-6-2-7-13-17)20-18-14-8-3-9-15-18;2*2-1(3,4)8(5,6)7/h1-15,19-20H;1-15,19H;2*(H,5,6,7). The van der Waals surface area contributed by atoms with Crippen LogP contribution in [-0.4, -0.2) is 37.0 Å². The predicted octanol–water partition coefficient (Wildman–Crippen LogP) is 11.1. The lowest BCUT2D eigenvalue weighted by atomic mass is 10.0. The molecule has 16 heteroatoms. The molecule has 0 aliphatic rings. The number of thioether (sulfide) groups is 1. The number of benzene rings is 6. The van der Waals surface area contributed by atoms with Crippen molar-refractivity contribution in [2.24, 2.45) is 0 Å². The molecule has 2 N–H and O–H groups in total. The molecule has 1 atom stereocenters. The van der Waals surface area contributed by atoms with Crippen molar-refractivity contribution < 1.29 is 52.3 Å². The van der Waals surface area contributed by atoms with Gasteiger partial charge in [-0.1, -0.05) is 178 Å². The molecule has 1 unspecified atom stereocenters. The number of hydrogen-bond donors (Lipinski definition) is 2. The summed E-state index contributed by atoms with van der Waals surface area (Å²) in [4.78, 5) is 1.30. The van der Waals surface area contributed by atoms with Gasteiger partial charge in [-0.25, -0.2) is 0 Å². The molecule has 0 amide bonds. The molecule has 0 spiro atoms. The van der Waals surface area contributed by atoms with E-state index in [4.69, 9.17) is 25.9 Å². The predicted molar refractivity (Wildman–Crippen MR) is 211 cm³/mol. The van der Waals surface area contributed by atoms with Crippen molar-refractivity contribution in [1.29, 1.82) is 0 Å². The SMILES string of the molecule is O=S(=O)(O)C(F)(F)F.O=S(=O)(O)C(F)(F)F.c1ccc(PC(c2ccccc2)c2ccccc2)cc1.c1ccc(SC(c2ccccc2)c2ccccc2)cc1. The molecule has 56 heavy (non-hydrogen) atoms. The van der Waals surface area contributed by atoms with Crippen LogP contribution in [0.2, 0.25) is 0 Å². The smallest absolute Gasteiger partial charge is 0.279 e. The minimum absolute atomic E-state index is 0.333. The Morgan fingerprint density at radius 1 is 0.429 bits per heavy atom. The fourth-order valence-corrected chi connectivity index (χ4v) is 7.18. The van der Waals surface area contributed by atoms with Gasteiger partial charge in [-0.15, -0.1) is 11.8 Å². The number of halogens is 6. The topological polar surface area (TPSA) is 109 Å². The van der Waals surface area contributed by atoms with Crippen molar-refractivity contribution in [3.8, 4) is 0 Å². The molecule has 296 valence electrons. The molecule has 0 aliphatic heterocycles. The highest BCUT2D eigenvalue weighted by Gasteiger charge is 2.45. The van der Waals surface area contributed by atoms with Gasteiger partial charge >= 0.3 is 31.3 Å². The Bertz CT molecular complexity index is 1980. The van der Waals surface area contributed by atoms with Crippen molar-refractivity contribution in [2.75, 3.05) is 0 Å². The highest BCUT2D eigenvalue weighted by molar-refractivity contribution is 7.99. The molecule has 0 aliphatic carbocycles. The van der Waals surface area contributed by atoms with Crippen LogP contribution in [0, 0.1) is 0 Å². The lowest BCUT2D eigenvalue weighted by Gasteiger charge is -2.18. The van der Waals surface area contributed by atoms with Crippen molar-refractivity contribution in [1.82, 2.24) is 0 Å². The molecule has 0 saturated heterocycles. The second-order valence-electron chi connectivity index (χ2n) is 11.2. The van der Waals surface area contributed by atoms with E-state index < -0.39 is 31.3 Å². The third kappa shape index (κ3) is 15.9. The molecule has 6 aromatic carbocycles. The molecule has 0 heterocycles. The van der Waals surface area contributed by atoms with E-state index >= 15 is 0 Å². The minimum atomic E-state index is -5.84. The van der Waals surface area contributed by atoms with Crippen molar-refractivity contribution in [3.63, 3.8) is 0 Å². The summed E-state index contributed by atoms with van der Waals surface area (Å²) in [6, 6.07) is 64.3. The van der Waals surface area contributed by atoms with Crippen LogP contribution < -0.4 is 5.30 Å². The molecule has 6 rings (SSSR count). The van der Waals surface area contributed by atoms with Gasteiger partial charge in [-0.05, 0) is 39.7 Å². The maximum absolute atomic E-state index is 10.7. The Morgan fingerprint density at radius 2 is 0.679 bits per heavy atom. The van der Waals surface area contributed by atoms with E-state index in [1.54, 1.807) is 0 Å². The van der Waals surface area contributed by atoms with Gasteiger partial charge in [0.05, 0.1) is 5.25 Å². The first kappa shape index (κ1) is 45.9. The first-order chi connectivity index (χ1) is 26.4. The average molecular weight is 853 g/mol. The highest BCUT2D eigenvalue weighted by atomic mass is 32.2. The van der Waals surface area contributed by atoms with Gasteiger partial charge in [0.15, 0.2) is 0 Å². The second kappa shape index (κ2) is 21.7. The fourth-order valence-electron chi connectivity index (χ4n) is 4.57. The Kier molecular flexibility index (Phi) is 17.8. The van der Waals surface area contributed by atoms with Crippen LogP contribution in [0.15, 0.2) is 187 Å². The number of alkyl halides is 6. The van der Waals surface area contributed by atoms with Crippen LogP contribution in [0.1, 0.15) is 33.2 Å². The monoisotopic (exact) mass is 852 g/mol. The Balaban J connectivity index is 0.000000220. The molecular weight excluding hydrogens is 818 g/mol. The molecule has 6 aromatic rings. The maximum Gasteiger partial charge on any atom is 0.522 e. The third-order valence-corrected chi connectivity index (χ3v) is 11.3. The number of rotatable bonds is 8. The molecule has 6 nitrogen and oxygen atoms in total. The summed E-state index contributed by atoms with van der Waals surface area (Å²) in [5.41, 5.74) is -5.17. The second-order valence-corrected chi connectivity index (χ2v) is 16.7. The molecule has 0 aromatic heterocycles. The van der Waals surface area contributed by atoms with Crippen molar-refractivity contribution in [2.45, 2.75) is 26.8 Å². The van der Waals surface area contributed by atoms with Crippen LogP contribution in [0.3, 0.4) is 0 Å². The fraction of sp³-hybridized carbons (Fsp3) is 0.100. The van der Waals surface area contributed by atoms with Crippen LogP contribution in [0.25, 0.3) is 0 Å². The van der Waals surface area contributed by atoms with Gasteiger partial charge < -0.3 is 0 Å². The van der Waals surface area contributed by atoms with E-state index in [9.17, 15) is 26.3 Å². The van der Waals surface area contributed by atoms with Gasteiger partial charge in [0, 0.05) is 10.6 Å². The van der Waals surface area contributed by atoms with E-state index in [0.717, 1.165) is 8.58 Å². The summed E-state index contributed by atoms with van der Waals surface area (Å²) in [6.45, 7) is 0. The van der Waals surface area contributed by atoms with Crippen molar-refractivity contribution >= 4 is 45.9 Å². The van der Waals surface area contributed by atoms with Crippen LogP contribution in [-0.2, 0) is 20.2 Å². The minimum Gasteiger partial charge on any atom is -0.279 e. The summed E-state index contributed by atoms with van der Waals surface area (Å²) >= 11 is 1.89. The zero-order valence-electron chi connectivity index (χ0n) is 29.0. The summed E-state index contributed by atoms with van der Waals surface area (Å²) < 4.78 is 115. The van der Waals surface area contributed by atoms with Gasteiger partial charge in [0.25, 0.3) is 0 Å². The third-order valence-electron chi connectivity index (χ3n) is 7.14. The molecule has 0 radical (unpaired) electrons. The van der Waals surface area contributed by atoms with Crippen molar-refractivity contribution in [3.05, 3.63) is 204 Å². The lowest BCUT2D eigenvalue weighted by molar-refractivity contribution is -0.0514. The van der Waals surface area contributed by atoms with Crippen LogP contribution in [0.4, 0.5) is 26.3 Å². The Morgan fingerprint density at radius 3 is 0.964 bits per heavy atom. The van der Waals surface area contributed by atoms with E-state index in [0.29, 0.717) is 10.9 Å². The van der Waals surface area contributed by atoms with Crippen LogP contribution in [0.5, 0.6) is 0 Å². The highest BCUT2D eigenvalue weighted by Crippen LogP contribution is 2.41. The normalized spacial score (nSPS) is 11.8. The van der Waals surface area contributed by atoms with E-state index in [2.05, 4.69) is 182 Å². The first-order valence-corrected chi connectivity index (χ1v) is 21.0. The molecular formula is C40H35F6O6PS3. The molecule has 0 bridgehead atoms. The largest absolute Gasteiger partial charge is 0.522 e. The zero-order valence-corrected chi connectivity index (χ0v) is 32.4. The van der Waals surface area contributed by atoms with Gasteiger partial charge in [-0.2, -0.15) is 43.2 Å². The van der Waals surface area contributed by atoms with Gasteiger partial charge in [0.2, 0.25) is 0 Å². The number of hydrogen-bond acceptors (Lipinski definition) is 5. The van der Waals surface area contributed by atoms with E-state index in [1.165, 1.54) is 32.5 Å². The maximum atomic E-state index is 10.7. The molecule has 0 fully saturated rings. The average Bonchev–Trinajstić information content (AvgIpc) is 3.17. The van der Waals surface area contributed by atoms with Gasteiger partial charge in [0.1, 0.15) is 0 Å². The zero-order chi connectivity index (χ0) is 41.2. The first-order valence-electron chi connectivity index (χ1n) is 16.2. The summed E-state index contributed by atoms with van der Waals surface area (Å²) in [6.07, 6.45) is 0. The Hall–Kier alpha value is -4.50. The van der Waals surface area contributed by atoms with E-state index in [-0.39, 0.29) is 0 Å². The van der Waals surface area contributed by atoms with Crippen LogP contribution >= 0.6 is 20.3 Å². The van der Waals surface area contributed by atoms with Gasteiger partial charge in [-0.3, -0.25) is 9.11 Å². The Labute approximate surface area is 327 Å². The summed E-state index contributed by atoms with van der Waals surface area (Å²) in [7, 11) is -10.9. The quantitative estimate of drug-likeness (QED) is 0.0516. The molecule has 0 saturated carbocycles. The van der Waals surface area contributed by atoms with E-state index in [1.807, 2.05) is 11.8 Å².